The molecule has 2 N–H and O–H groups in total. The van der Waals surface area contributed by atoms with Crippen LogP contribution in [0.2, 0.25) is 0 Å². The fourth-order valence-corrected chi connectivity index (χ4v) is 5.10. The van der Waals surface area contributed by atoms with Gasteiger partial charge in [0.25, 0.3) is 5.91 Å². The summed E-state index contributed by atoms with van der Waals surface area (Å²) >= 11 is 1.58. The van der Waals surface area contributed by atoms with Crippen LogP contribution in [0.5, 0.6) is 0 Å². The predicted molar refractivity (Wildman–Crippen MR) is 97.4 cm³/mol. The van der Waals surface area contributed by atoms with Gasteiger partial charge in [-0.15, -0.1) is 11.3 Å². The van der Waals surface area contributed by atoms with Crippen molar-refractivity contribution in [3.63, 3.8) is 0 Å². The van der Waals surface area contributed by atoms with Gasteiger partial charge in [0.05, 0.1) is 10.2 Å². The lowest BCUT2D eigenvalue weighted by molar-refractivity contribution is 0.0749. The number of likely N-dealkylation sites (tertiary alicyclic amines) is 1. The Hall–Kier alpha value is -2.18. The smallest absolute Gasteiger partial charge is 0.289 e. The third-order valence-electron chi connectivity index (χ3n) is 5.52. The summed E-state index contributed by atoms with van der Waals surface area (Å²) in [5, 5.41) is 0.806. The van der Waals surface area contributed by atoms with E-state index in [9.17, 15) is 4.79 Å². The highest BCUT2D eigenvalue weighted by molar-refractivity contribution is 7.21. The van der Waals surface area contributed by atoms with Gasteiger partial charge in [0.2, 0.25) is 0 Å². The second-order valence-electron chi connectivity index (χ2n) is 7.03. The van der Waals surface area contributed by atoms with Gasteiger partial charge in [0.15, 0.2) is 16.5 Å². The van der Waals surface area contributed by atoms with E-state index in [0.29, 0.717) is 23.4 Å². The minimum absolute atomic E-state index is 0.0334. The summed E-state index contributed by atoms with van der Waals surface area (Å²) in [6.45, 7) is 1.55. The number of carbonyl (C=O) groups excluding carboxylic acids is 1. The molecular weight excluding hydrogens is 334 g/mol. The quantitative estimate of drug-likeness (QED) is 0.767. The molecule has 2 fully saturated rings. The second kappa shape index (κ2) is 5.68. The number of nitrogens with zero attached hydrogens (tertiary/aromatic N) is 2. The Morgan fingerprint density at radius 1 is 1.20 bits per heavy atom. The summed E-state index contributed by atoms with van der Waals surface area (Å²) in [5.41, 5.74) is 7.12. The molecule has 2 aliphatic rings. The summed E-state index contributed by atoms with van der Waals surface area (Å²) in [6, 6.07) is 11.8. The topological polar surface area (TPSA) is 72.4 Å². The van der Waals surface area contributed by atoms with Crippen LogP contribution in [0.3, 0.4) is 0 Å². The summed E-state index contributed by atoms with van der Waals surface area (Å²) in [5.74, 6) is 2.01. The Labute approximate surface area is 149 Å². The first kappa shape index (κ1) is 15.1. The van der Waals surface area contributed by atoms with Crippen molar-refractivity contribution in [1.29, 1.82) is 0 Å². The molecule has 3 atom stereocenters. The van der Waals surface area contributed by atoms with Crippen molar-refractivity contribution in [3.05, 3.63) is 42.2 Å². The third kappa shape index (κ3) is 2.48. The van der Waals surface area contributed by atoms with Crippen molar-refractivity contribution in [2.45, 2.75) is 18.9 Å². The van der Waals surface area contributed by atoms with Crippen LogP contribution in [-0.4, -0.2) is 34.9 Å². The van der Waals surface area contributed by atoms with Crippen LogP contribution in [0.15, 0.2) is 40.8 Å². The normalized spacial score (nSPS) is 25.6. The zero-order valence-electron chi connectivity index (χ0n) is 13.7. The number of furan rings is 1. The van der Waals surface area contributed by atoms with Crippen molar-refractivity contribution >= 4 is 27.5 Å². The Morgan fingerprint density at radius 2 is 2.08 bits per heavy atom. The average Bonchev–Trinajstić information content (AvgIpc) is 3.38. The van der Waals surface area contributed by atoms with E-state index in [-0.39, 0.29) is 11.9 Å². The molecule has 5 rings (SSSR count). The number of aromatic nitrogens is 1. The molecule has 3 heterocycles. The highest BCUT2D eigenvalue weighted by Crippen LogP contribution is 2.38. The average molecular weight is 353 g/mol. The van der Waals surface area contributed by atoms with E-state index in [1.165, 1.54) is 0 Å². The van der Waals surface area contributed by atoms with Crippen LogP contribution >= 0.6 is 11.3 Å². The highest BCUT2D eigenvalue weighted by Gasteiger charge is 2.43. The van der Waals surface area contributed by atoms with Gasteiger partial charge in [-0.2, -0.15) is 0 Å². The zero-order chi connectivity index (χ0) is 17.0. The number of hydrogen-bond donors (Lipinski definition) is 1. The standard InChI is InChI=1S/C19H19N3O2S/c20-13-6-5-11-9-22(10-12(11)13)19(23)16-8-7-15(24-16)18-21-14-3-1-2-4-17(14)25-18/h1-4,7-8,11-13H,5-6,9-10,20H2. The number of benzene rings is 1. The van der Waals surface area contributed by atoms with Crippen molar-refractivity contribution in [2.75, 3.05) is 13.1 Å². The van der Waals surface area contributed by atoms with Gasteiger partial charge < -0.3 is 15.1 Å². The summed E-state index contributed by atoms with van der Waals surface area (Å²) in [7, 11) is 0. The molecule has 1 aromatic carbocycles. The number of rotatable bonds is 2. The van der Waals surface area contributed by atoms with Crippen LogP contribution in [0, 0.1) is 11.8 Å². The van der Waals surface area contributed by atoms with Gasteiger partial charge in [0, 0.05) is 19.1 Å². The van der Waals surface area contributed by atoms with E-state index in [1.54, 1.807) is 17.4 Å². The van der Waals surface area contributed by atoms with E-state index in [2.05, 4.69) is 4.98 Å². The number of para-hydroxylation sites is 1. The lowest BCUT2D eigenvalue weighted by atomic mass is 9.98. The minimum Gasteiger partial charge on any atom is -0.448 e. The van der Waals surface area contributed by atoms with Crippen LogP contribution in [0.1, 0.15) is 23.4 Å². The Bertz CT molecular complexity index is 914. The molecule has 3 unspecified atom stereocenters. The lowest BCUT2D eigenvalue weighted by Crippen LogP contribution is -2.33. The van der Waals surface area contributed by atoms with Crippen molar-refractivity contribution in [3.8, 4) is 10.8 Å². The molecule has 1 aliphatic heterocycles. The first-order chi connectivity index (χ1) is 12.2. The fourth-order valence-electron chi connectivity index (χ4n) is 4.17. The SMILES string of the molecule is NC1CCC2CN(C(=O)c3ccc(-c4nc5ccccc5s4)o3)CC12. The van der Waals surface area contributed by atoms with Gasteiger partial charge in [-0.25, -0.2) is 4.98 Å². The maximum absolute atomic E-state index is 12.8. The molecule has 6 heteroatoms. The molecule has 0 radical (unpaired) electrons. The monoisotopic (exact) mass is 353 g/mol. The van der Waals surface area contributed by atoms with Crippen molar-refractivity contribution in [1.82, 2.24) is 9.88 Å². The number of amides is 1. The van der Waals surface area contributed by atoms with Gasteiger partial charge in [-0.05, 0) is 48.9 Å². The maximum atomic E-state index is 12.8. The Kier molecular flexibility index (Phi) is 3.43. The predicted octanol–water partition coefficient (Wildman–Crippen LogP) is 3.37. The molecule has 25 heavy (non-hydrogen) atoms. The molecule has 1 saturated heterocycles. The maximum Gasteiger partial charge on any atom is 0.289 e. The molecule has 2 aromatic heterocycles. The van der Waals surface area contributed by atoms with Gasteiger partial charge in [-0.1, -0.05) is 12.1 Å². The molecule has 128 valence electrons. The van der Waals surface area contributed by atoms with E-state index in [1.807, 2.05) is 35.2 Å². The molecule has 3 aromatic rings. The van der Waals surface area contributed by atoms with Crippen molar-refractivity contribution < 1.29 is 9.21 Å². The van der Waals surface area contributed by atoms with E-state index >= 15 is 0 Å². The molecule has 0 spiro atoms. The van der Waals surface area contributed by atoms with Crippen molar-refractivity contribution in [2.24, 2.45) is 17.6 Å². The van der Waals surface area contributed by atoms with E-state index in [0.717, 1.165) is 41.2 Å². The molecule has 1 aliphatic carbocycles. The number of carbonyl (C=O) groups is 1. The second-order valence-corrected chi connectivity index (χ2v) is 8.06. The number of thiazole rings is 1. The fraction of sp³-hybridized carbons (Fsp3) is 0.368. The molecule has 1 amide bonds. The van der Waals surface area contributed by atoms with Gasteiger partial charge in [-0.3, -0.25) is 4.79 Å². The highest BCUT2D eigenvalue weighted by atomic mass is 32.1. The van der Waals surface area contributed by atoms with Crippen LogP contribution in [0.25, 0.3) is 21.0 Å². The Balaban J connectivity index is 1.38. The van der Waals surface area contributed by atoms with Gasteiger partial charge >= 0.3 is 0 Å². The van der Waals surface area contributed by atoms with Crippen LogP contribution < -0.4 is 5.73 Å². The number of nitrogens with two attached hydrogens (primary N) is 1. The first-order valence-electron chi connectivity index (χ1n) is 8.69. The molecule has 5 nitrogen and oxygen atoms in total. The molecular formula is C19H19N3O2S. The number of hydrogen-bond acceptors (Lipinski definition) is 5. The lowest BCUT2D eigenvalue weighted by Gasteiger charge is -2.17. The first-order valence-corrected chi connectivity index (χ1v) is 9.51. The largest absolute Gasteiger partial charge is 0.448 e. The Morgan fingerprint density at radius 3 is 2.92 bits per heavy atom. The van der Waals surface area contributed by atoms with Crippen LogP contribution in [-0.2, 0) is 0 Å². The summed E-state index contributed by atoms with van der Waals surface area (Å²) < 4.78 is 6.96. The number of fused-ring (bicyclic) bond motifs is 2. The minimum atomic E-state index is -0.0334. The zero-order valence-corrected chi connectivity index (χ0v) is 14.5. The summed E-state index contributed by atoms with van der Waals surface area (Å²) in [6.07, 6.45) is 2.21. The van der Waals surface area contributed by atoms with Crippen LogP contribution in [0.4, 0.5) is 0 Å². The third-order valence-corrected chi connectivity index (χ3v) is 6.57. The molecule has 1 saturated carbocycles. The van der Waals surface area contributed by atoms with E-state index in [4.69, 9.17) is 10.2 Å². The summed E-state index contributed by atoms with van der Waals surface area (Å²) in [4.78, 5) is 19.3. The van der Waals surface area contributed by atoms with Gasteiger partial charge in [0.1, 0.15) is 0 Å². The molecule has 0 bridgehead atoms. The van der Waals surface area contributed by atoms with E-state index < -0.39 is 0 Å².